The van der Waals surface area contributed by atoms with E-state index < -0.39 is 10.0 Å². The van der Waals surface area contributed by atoms with Gasteiger partial charge < -0.3 is 9.73 Å². The predicted molar refractivity (Wildman–Crippen MR) is 142 cm³/mol. The van der Waals surface area contributed by atoms with E-state index in [0.29, 0.717) is 47.8 Å². The molecule has 5 aromatic rings. The first-order chi connectivity index (χ1) is 18.0. The summed E-state index contributed by atoms with van der Waals surface area (Å²) in [7, 11) is -3.68. The standard InChI is InChI=1S/C29H23N3O4S/c33-28(30-25-10-4-3-9-24(25)29-31-26-11-5-6-12-27(26)36-29)21-13-15-23(16-14-21)37(34,35)32-18-17-20-7-1-2-8-22(20)19-32/h1-16H,17-19H2,(H,30,33). The summed E-state index contributed by atoms with van der Waals surface area (Å²) in [5, 5.41) is 2.90. The van der Waals surface area contributed by atoms with E-state index in [1.54, 1.807) is 6.07 Å². The normalized spacial score (nSPS) is 13.8. The first-order valence-electron chi connectivity index (χ1n) is 11.9. The van der Waals surface area contributed by atoms with E-state index in [1.807, 2.05) is 66.7 Å². The van der Waals surface area contributed by atoms with Crippen LogP contribution in [0.25, 0.3) is 22.6 Å². The number of para-hydroxylation sites is 3. The Morgan fingerprint density at radius 3 is 2.35 bits per heavy atom. The van der Waals surface area contributed by atoms with Gasteiger partial charge in [-0.2, -0.15) is 4.31 Å². The number of sulfonamides is 1. The van der Waals surface area contributed by atoms with Gasteiger partial charge in [-0.1, -0.05) is 48.5 Å². The van der Waals surface area contributed by atoms with Crippen LogP contribution in [-0.4, -0.2) is 30.2 Å². The lowest BCUT2D eigenvalue weighted by Crippen LogP contribution is -2.35. The molecular weight excluding hydrogens is 486 g/mol. The van der Waals surface area contributed by atoms with Gasteiger partial charge in [-0.15, -0.1) is 0 Å². The number of oxazole rings is 1. The van der Waals surface area contributed by atoms with Crippen LogP contribution in [0.1, 0.15) is 21.5 Å². The largest absolute Gasteiger partial charge is 0.436 e. The van der Waals surface area contributed by atoms with E-state index >= 15 is 0 Å². The molecule has 1 N–H and O–H groups in total. The first-order valence-corrected chi connectivity index (χ1v) is 13.4. The van der Waals surface area contributed by atoms with Crippen molar-refractivity contribution in [2.75, 3.05) is 11.9 Å². The van der Waals surface area contributed by atoms with Crippen molar-refractivity contribution < 1.29 is 17.6 Å². The molecule has 184 valence electrons. The van der Waals surface area contributed by atoms with Gasteiger partial charge in [-0.3, -0.25) is 4.79 Å². The monoisotopic (exact) mass is 509 g/mol. The van der Waals surface area contributed by atoms with E-state index in [2.05, 4.69) is 10.3 Å². The van der Waals surface area contributed by atoms with Gasteiger partial charge in [-0.25, -0.2) is 13.4 Å². The van der Waals surface area contributed by atoms with Gasteiger partial charge in [0.15, 0.2) is 5.58 Å². The Hall–Kier alpha value is -4.27. The Kier molecular flexibility index (Phi) is 5.82. The van der Waals surface area contributed by atoms with Crippen molar-refractivity contribution in [1.29, 1.82) is 0 Å². The van der Waals surface area contributed by atoms with Crippen LogP contribution in [-0.2, 0) is 23.0 Å². The number of nitrogens with one attached hydrogen (secondary N) is 1. The number of hydrogen-bond donors (Lipinski definition) is 1. The quantitative estimate of drug-likeness (QED) is 0.338. The van der Waals surface area contributed by atoms with Crippen LogP contribution in [0.2, 0.25) is 0 Å². The summed E-state index contributed by atoms with van der Waals surface area (Å²) in [5.74, 6) is 0.0426. The molecule has 1 aromatic heterocycles. The van der Waals surface area contributed by atoms with Crippen molar-refractivity contribution >= 4 is 32.7 Å². The highest BCUT2D eigenvalue weighted by Gasteiger charge is 2.28. The highest BCUT2D eigenvalue weighted by atomic mass is 32.2. The molecule has 8 heteroatoms. The molecule has 0 atom stereocenters. The summed E-state index contributed by atoms with van der Waals surface area (Å²) in [4.78, 5) is 17.7. The smallest absolute Gasteiger partial charge is 0.255 e. The van der Waals surface area contributed by atoms with E-state index in [9.17, 15) is 13.2 Å². The van der Waals surface area contributed by atoms with Crippen LogP contribution in [0.5, 0.6) is 0 Å². The molecule has 0 saturated carbocycles. The summed E-state index contributed by atoms with van der Waals surface area (Å²) in [6.45, 7) is 0.765. The molecule has 1 aliphatic heterocycles. The molecular formula is C29H23N3O4S. The number of carbonyl (C=O) groups is 1. The van der Waals surface area contributed by atoms with Crippen molar-refractivity contribution in [3.63, 3.8) is 0 Å². The minimum atomic E-state index is -3.68. The minimum absolute atomic E-state index is 0.162. The maximum absolute atomic E-state index is 13.3. The van der Waals surface area contributed by atoms with Crippen LogP contribution < -0.4 is 5.32 Å². The van der Waals surface area contributed by atoms with Crippen molar-refractivity contribution in [3.05, 3.63) is 114 Å². The van der Waals surface area contributed by atoms with E-state index in [4.69, 9.17) is 4.42 Å². The molecule has 2 heterocycles. The highest BCUT2D eigenvalue weighted by Crippen LogP contribution is 2.31. The van der Waals surface area contributed by atoms with Gasteiger partial charge in [0.05, 0.1) is 16.1 Å². The number of carbonyl (C=O) groups excluding carboxylic acids is 1. The third-order valence-electron chi connectivity index (χ3n) is 6.55. The number of nitrogens with zero attached hydrogens (tertiary/aromatic N) is 2. The SMILES string of the molecule is O=C(Nc1ccccc1-c1nc2ccccc2o1)c1ccc(S(=O)(=O)N2CCc3ccccc3C2)cc1. The molecule has 37 heavy (non-hydrogen) atoms. The lowest BCUT2D eigenvalue weighted by Gasteiger charge is -2.28. The maximum Gasteiger partial charge on any atom is 0.255 e. The summed E-state index contributed by atoms with van der Waals surface area (Å²) in [6, 6.07) is 28.6. The lowest BCUT2D eigenvalue weighted by molar-refractivity contribution is 0.102. The molecule has 0 aliphatic carbocycles. The number of anilines is 1. The van der Waals surface area contributed by atoms with Crippen LogP contribution in [0.4, 0.5) is 5.69 Å². The summed E-state index contributed by atoms with van der Waals surface area (Å²) in [6.07, 6.45) is 0.676. The molecule has 6 rings (SSSR count). The second-order valence-electron chi connectivity index (χ2n) is 8.87. The lowest BCUT2D eigenvalue weighted by atomic mass is 10.0. The Labute approximate surface area is 214 Å². The van der Waals surface area contributed by atoms with Gasteiger partial charge in [0.2, 0.25) is 15.9 Å². The summed E-state index contributed by atoms with van der Waals surface area (Å²) >= 11 is 0. The Balaban J connectivity index is 1.21. The second kappa shape index (κ2) is 9.31. The third kappa shape index (κ3) is 4.41. The van der Waals surface area contributed by atoms with E-state index in [0.717, 1.165) is 11.1 Å². The predicted octanol–water partition coefficient (Wildman–Crippen LogP) is 5.49. The van der Waals surface area contributed by atoms with Gasteiger partial charge in [0.25, 0.3) is 5.91 Å². The maximum atomic E-state index is 13.3. The first kappa shape index (κ1) is 23.1. The number of benzene rings is 4. The van der Waals surface area contributed by atoms with Crippen molar-refractivity contribution in [2.45, 2.75) is 17.9 Å². The number of aromatic nitrogens is 1. The highest BCUT2D eigenvalue weighted by molar-refractivity contribution is 7.89. The number of fused-ring (bicyclic) bond motifs is 2. The van der Waals surface area contributed by atoms with Crippen molar-refractivity contribution in [3.8, 4) is 11.5 Å². The van der Waals surface area contributed by atoms with Crippen LogP contribution in [0.3, 0.4) is 0 Å². The fourth-order valence-electron chi connectivity index (χ4n) is 4.56. The number of amides is 1. The zero-order valence-electron chi connectivity index (χ0n) is 19.8. The van der Waals surface area contributed by atoms with Crippen molar-refractivity contribution in [1.82, 2.24) is 9.29 Å². The van der Waals surface area contributed by atoms with Crippen molar-refractivity contribution in [2.24, 2.45) is 0 Å². The number of hydrogen-bond acceptors (Lipinski definition) is 5. The van der Waals surface area contributed by atoms with Gasteiger partial charge >= 0.3 is 0 Å². The molecule has 1 amide bonds. The molecule has 0 spiro atoms. The molecule has 0 bridgehead atoms. The number of rotatable bonds is 5. The molecule has 1 aliphatic rings. The Morgan fingerprint density at radius 2 is 1.54 bits per heavy atom. The zero-order chi connectivity index (χ0) is 25.4. The molecule has 0 unspecified atom stereocenters. The van der Waals surface area contributed by atoms with Gasteiger partial charge in [-0.05, 0) is 66.1 Å². The molecule has 7 nitrogen and oxygen atoms in total. The zero-order valence-corrected chi connectivity index (χ0v) is 20.6. The molecule has 4 aromatic carbocycles. The summed E-state index contributed by atoms with van der Waals surface area (Å²) in [5.41, 5.74) is 5.12. The topological polar surface area (TPSA) is 92.5 Å². The second-order valence-corrected chi connectivity index (χ2v) is 10.8. The van der Waals surface area contributed by atoms with E-state index in [-0.39, 0.29) is 10.8 Å². The van der Waals surface area contributed by atoms with Crippen LogP contribution >= 0.6 is 0 Å². The third-order valence-corrected chi connectivity index (χ3v) is 8.41. The molecule has 0 radical (unpaired) electrons. The molecule has 0 fully saturated rings. The minimum Gasteiger partial charge on any atom is -0.436 e. The molecule has 0 saturated heterocycles. The fraction of sp³-hybridized carbons (Fsp3) is 0.103. The van der Waals surface area contributed by atoms with Crippen LogP contribution in [0.15, 0.2) is 106 Å². The fourth-order valence-corrected chi connectivity index (χ4v) is 5.98. The average molecular weight is 510 g/mol. The van der Waals surface area contributed by atoms with Crippen LogP contribution in [0, 0.1) is 0 Å². The van der Waals surface area contributed by atoms with Gasteiger partial charge in [0.1, 0.15) is 5.52 Å². The Morgan fingerprint density at radius 1 is 0.838 bits per heavy atom. The van der Waals surface area contributed by atoms with Gasteiger partial charge in [0, 0.05) is 18.7 Å². The average Bonchev–Trinajstić information content (AvgIpc) is 3.37. The Bertz CT molecular complexity index is 1690. The summed E-state index contributed by atoms with van der Waals surface area (Å²) < 4.78 is 33.9. The van der Waals surface area contributed by atoms with E-state index in [1.165, 1.54) is 34.1 Å².